The number of cyclic esters (lactones) is 2. The lowest BCUT2D eigenvalue weighted by molar-refractivity contribution is 0.0268. The Morgan fingerprint density at radius 2 is 1.87 bits per heavy atom. The molecule has 2 aliphatic rings. The van der Waals surface area contributed by atoms with E-state index in [0.717, 1.165) is 61.0 Å². The van der Waals surface area contributed by atoms with Gasteiger partial charge < -0.3 is 19.3 Å². The largest absolute Gasteiger partial charge is 0.508 e. The molecule has 1 unspecified atom stereocenters. The second kappa shape index (κ2) is 14.4. The summed E-state index contributed by atoms with van der Waals surface area (Å²) in [6.45, 7) is 4.93. The maximum Gasteiger partial charge on any atom is 0.508 e. The molecule has 2 saturated heterocycles. The quantitative estimate of drug-likeness (QED) is 0.164. The Labute approximate surface area is 282 Å². The molecule has 0 saturated carbocycles. The van der Waals surface area contributed by atoms with Gasteiger partial charge in [-0.3, -0.25) is 9.69 Å². The molecule has 0 bridgehead atoms. The highest BCUT2D eigenvalue weighted by Crippen LogP contribution is 2.33. The molecular formula is C35H34Cl2N4O4S. The predicted octanol–water partition coefficient (Wildman–Crippen LogP) is 7.22. The first-order chi connectivity index (χ1) is 22.3. The molecule has 2 aliphatic heterocycles. The summed E-state index contributed by atoms with van der Waals surface area (Å²) < 4.78 is 10.7. The summed E-state index contributed by atoms with van der Waals surface area (Å²) >= 11 is 14.4. The van der Waals surface area contributed by atoms with Gasteiger partial charge in [-0.2, -0.15) is 16.6 Å². The number of benzene rings is 3. The summed E-state index contributed by atoms with van der Waals surface area (Å²) in [6, 6.07) is 21.0. The number of ether oxygens (including phenoxy) is 2. The zero-order chi connectivity index (χ0) is 32.2. The number of hydrogen-bond acceptors (Lipinski definition) is 8. The van der Waals surface area contributed by atoms with Crippen molar-refractivity contribution < 1.29 is 19.1 Å². The lowest BCUT2D eigenvalue weighted by Crippen LogP contribution is -2.50. The summed E-state index contributed by atoms with van der Waals surface area (Å²) in [5.74, 6) is -0.135. The van der Waals surface area contributed by atoms with Crippen molar-refractivity contribution in [1.29, 1.82) is 5.26 Å². The second-order valence-corrected chi connectivity index (χ2v) is 13.4. The van der Waals surface area contributed by atoms with Gasteiger partial charge in [0.2, 0.25) is 0 Å². The molecule has 1 amide bonds. The van der Waals surface area contributed by atoms with Gasteiger partial charge in [0, 0.05) is 51.3 Å². The molecule has 1 aromatic heterocycles. The number of amides is 1. The number of likely N-dealkylation sites (N-methyl/N-ethyl adjacent to an activating group) is 1. The molecular weight excluding hydrogens is 643 g/mol. The van der Waals surface area contributed by atoms with Gasteiger partial charge in [0.15, 0.2) is 6.10 Å². The van der Waals surface area contributed by atoms with Crippen molar-refractivity contribution in [2.75, 3.05) is 52.9 Å². The number of nitrogens with zero attached hydrogens (tertiary/aromatic N) is 4. The Morgan fingerprint density at radius 1 is 1.07 bits per heavy atom. The summed E-state index contributed by atoms with van der Waals surface area (Å²) in [5, 5.41) is 16.4. The first kappa shape index (κ1) is 32.3. The molecule has 3 aromatic carbocycles. The summed E-state index contributed by atoms with van der Waals surface area (Å²) in [6.07, 6.45) is -0.130. The van der Waals surface area contributed by atoms with E-state index in [0.29, 0.717) is 27.7 Å². The van der Waals surface area contributed by atoms with Crippen LogP contribution in [0.2, 0.25) is 10.0 Å². The van der Waals surface area contributed by atoms with Crippen LogP contribution in [-0.4, -0.2) is 85.8 Å². The first-order valence-electron chi connectivity index (χ1n) is 15.3. The number of nitriles is 1. The third-order valence-electron chi connectivity index (χ3n) is 8.92. The number of hydrogen-bond donors (Lipinski definition) is 0. The number of thiophene rings is 1. The number of rotatable bonds is 10. The summed E-state index contributed by atoms with van der Waals surface area (Å²) in [5.41, 5.74) is 3.13. The molecule has 0 aliphatic carbocycles. The molecule has 0 spiro atoms. The van der Waals surface area contributed by atoms with Gasteiger partial charge in [-0.1, -0.05) is 53.5 Å². The van der Waals surface area contributed by atoms with Gasteiger partial charge in [0.25, 0.3) is 5.91 Å². The fourth-order valence-corrected chi connectivity index (χ4v) is 7.50. The second-order valence-electron chi connectivity index (χ2n) is 11.8. The molecule has 3 heterocycles. The van der Waals surface area contributed by atoms with Gasteiger partial charge in [-0.05, 0) is 76.0 Å². The standard InChI is InChI=1S/C35H34Cl2N4O4S/c1-39(34(42)29-17-23(19-38)16-25-4-2-3-5-28(25)29)20-26(24-6-7-30(36)31(37)18-24)8-10-40-11-13-41(14-12-40)33(27-9-15-46-22-27)32-21-44-35(43)45-32/h2-7,9,15-18,22,26,32-33H,8,10-14,20-21H2,1H3/t26-,32?,33+/m1/s1. The Bertz CT molecular complexity index is 1750. The van der Waals surface area contributed by atoms with E-state index in [1.165, 1.54) is 0 Å². The van der Waals surface area contributed by atoms with Crippen molar-refractivity contribution in [2.24, 2.45) is 0 Å². The third kappa shape index (κ3) is 7.17. The van der Waals surface area contributed by atoms with Crippen molar-refractivity contribution in [1.82, 2.24) is 14.7 Å². The van der Waals surface area contributed by atoms with Crippen LogP contribution in [0.4, 0.5) is 4.79 Å². The normalized spacial score (nSPS) is 18.5. The Kier molecular flexibility index (Phi) is 10.1. The molecule has 8 nitrogen and oxygen atoms in total. The smallest absolute Gasteiger partial charge is 0.430 e. The van der Waals surface area contributed by atoms with Crippen molar-refractivity contribution in [3.63, 3.8) is 0 Å². The molecule has 0 radical (unpaired) electrons. The predicted molar refractivity (Wildman–Crippen MR) is 181 cm³/mol. The molecule has 4 aromatic rings. The molecule has 0 N–H and O–H groups in total. The van der Waals surface area contributed by atoms with E-state index in [1.54, 1.807) is 34.4 Å². The third-order valence-corrected chi connectivity index (χ3v) is 10.4. The van der Waals surface area contributed by atoms with E-state index in [-0.39, 0.29) is 30.6 Å². The highest BCUT2D eigenvalue weighted by atomic mass is 35.5. The van der Waals surface area contributed by atoms with E-state index in [1.807, 2.05) is 48.8 Å². The average Bonchev–Trinajstić information content (AvgIpc) is 3.76. The van der Waals surface area contributed by atoms with Crippen molar-refractivity contribution >= 4 is 57.4 Å². The van der Waals surface area contributed by atoms with E-state index < -0.39 is 6.16 Å². The van der Waals surface area contributed by atoms with Crippen LogP contribution >= 0.6 is 34.5 Å². The van der Waals surface area contributed by atoms with Crippen LogP contribution in [0.15, 0.2) is 71.4 Å². The molecule has 6 rings (SSSR count). The fraction of sp³-hybridized carbons (Fsp3) is 0.343. The lowest BCUT2D eigenvalue weighted by atomic mass is 9.94. The molecule has 2 fully saturated rings. The van der Waals surface area contributed by atoms with Crippen LogP contribution in [0.25, 0.3) is 10.8 Å². The SMILES string of the molecule is CN(C[C@@H](CCN1CCN([C@@H](c2ccsc2)C2COC(=O)O2)CC1)c1ccc(Cl)c(Cl)c1)C(=O)c1cc(C#N)cc2ccccc12. The van der Waals surface area contributed by atoms with Crippen molar-refractivity contribution in [3.8, 4) is 6.07 Å². The van der Waals surface area contributed by atoms with Gasteiger partial charge in [0.1, 0.15) is 6.61 Å². The maximum absolute atomic E-state index is 13.9. The molecule has 3 atom stereocenters. The molecule has 11 heteroatoms. The van der Waals surface area contributed by atoms with E-state index in [2.05, 4.69) is 27.3 Å². The van der Waals surface area contributed by atoms with Crippen LogP contribution in [0.3, 0.4) is 0 Å². The number of piperazine rings is 1. The van der Waals surface area contributed by atoms with Crippen molar-refractivity contribution in [3.05, 3.63) is 104 Å². The van der Waals surface area contributed by atoms with Crippen LogP contribution < -0.4 is 0 Å². The minimum absolute atomic E-state index is 0.000708. The van der Waals surface area contributed by atoms with Crippen LogP contribution in [0.1, 0.15) is 45.4 Å². The van der Waals surface area contributed by atoms with E-state index in [4.69, 9.17) is 32.7 Å². The number of carbonyl (C=O) groups excluding carboxylic acids is 2. The van der Waals surface area contributed by atoms with Gasteiger partial charge in [0.05, 0.1) is 27.7 Å². The number of halogens is 2. The topological polar surface area (TPSA) is 86.1 Å². The van der Waals surface area contributed by atoms with Gasteiger partial charge in [-0.25, -0.2) is 4.79 Å². The van der Waals surface area contributed by atoms with Gasteiger partial charge in [-0.15, -0.1) is 0 Å². The zero-order valence-electron chi connectivity index (χ0n) is 25.4. The van der Waals surface area contributed by atoms with Crippen molar-refractivity contribution in [2.45, 2.75) is 24.5 Å². The van der Waals surface area contributed by atoms with Gasteiger partial charge >= 0.3 is 6.16 Å². The minimum Gasteiger partial charge on any atom is -0.430 e. The highest BCUT2D eigenvalue weighted by Gasteiger charge is 2.38. The van der Waals surface area contributed by atoms with Crippen LogP contribution in [0, 0.1) is 11.3 Å². The minimum atomic E-state index is -0.605. The van der Waals surface area contributed by atoms with Crippen LogP contribution in [0.5, 0.6) is 0 Å². The number of fused-ring (bicyclic) bond motifs is 1. The number of carbonyl (C=O) groups is 2. The monoisotopic (exact) mass is 676 g/mol. The Morgan fingerprint density at radius 3 is 2.57 bits per heavy atom. The fourth-order valence-electron chi connectivity index (χ4n) is 6.51. The summed E-state index contributed by atoms with van der Waals surface area (Å²) in [7, 11) is 1.81. The average molecular weight is 678 g/mol. The Balaban J connectivity index is 1.15. The lowest BCUT2D eigenvalue weighted by Gasteiger charge is -2.40. The van der Waals surface area contributed by atoms with E-state index >= 15 is 0 Å². The Hall–Kier alpha value is -3.65. The van der Waals surface area contributed by atoms with E-state index in [9.17, 15) is 14.9 Å². The zero-order valence-corrected chi connectivity index (χ0v) is 27.7. The first-order valence-corrected chi connectivity index (χ1v) is 17.0. The maximum atomic E-state index is 13.9. The highest BCUT2D eigenvalue weighted by molar-refractivity contribution is 7.08. The molecule has 46 heavy (non-hydrogen) atoms. The summed E-state index contributed by atoms with van der Waals surface area (Å²) in [4.78, 5) is 32.2. The molecule has 238 valence electrons. The van der Waals surface area contributed by atoms with Crippen LogP contribution in [-0.2, 0) is 9.47 Å².